The first kappa shape index (κ1) is 24.4. The van der Waals surface area contributed by atoms with Gasteiger partial charge in [0, 0.05) is 43.1 Å². The molecule has 0 spiro atoms. The normalized spacial score (nSPS) is 19.0. The summed E-state index contributed by atoms with van der Waals surface area (Å²) in [6.07, 6.45) is 1.33. The lowest BCUT2D eigenvalue weighted by atomic mass is 9.85. The molecule has 2 aromatic rings. The number of carboxylic acid groups (broad SMARTS) is 1. The van der Waals surface area contributed by atoms with Gasteiger partial charge in [0.2, 0.25) is 5.91 Å². The smallest absolute Gasteiger partial charge is 0.335 e. The average Bonchev–Trinajstić information content (AvgIpc) is 2.81. The van der Waals surface area contributed by atoms with Crippen molar-refractivity contribution in [2.24, 2.45) is 11.8 Å². The first-order valence-electron chi connectivity index (χ1n) is 11.2. The van der Waals surface area contributed by atoms with E-state index >= 15 is 0 Å². The van der Waals surface area contributed by atoms with Gasteiger partial charge in [-0.3, -0.25) is 4.79 Å². The number of carboxylic acids is 1. The van der Waals surface area contributed by atoms with Gasteiger partial charge in [-0.2, -0.15) is 0 Å². The molecule has 0 saturated carbocycles. The summed E-state index contributed by atoms with van der Waals surface area (Å²) in [5.74, 6) is 1.26. The maximum Gasteiger partial charge on any atom is 0.335 e. The van der Waals surface area contributed by atoms with Gasteiger partial charge in [0.05, 0.1) is 26.9 Å². The number of piperidine rings is 1. The Kier molecular flexibility index (Phi) is 7.84. The summed E-state index contributed by atoms with van der Waals surface area (Å²) in [5, 5.41) is 9.30. The van der Waals surface area contributed by atoms with Gasteiger partial charge in [-0.1, -0.05) is 26.0 Å². The molecule has 3 unspecified atom stereocenters. The summed E-state index contributed by atoms with van der Waals surface area (Å²) < 4.78 is 16.7. The molecule has 2 aromatic carbocycles. The molecule has 1 aliphatic heterocycles. The number of methoxy groups -OCH3 is 3. The molecule has 1 amide bonds. The molecule has 3 rings (SSSR count). The van der Waals surface area contributed by atoms with Crippen LogP contribution in [0.15, 0.2) is 36.4 Å². The molecule has 1 fully saturated rings. The maximum absolute atomic E-state index is 13.5. The molecule has 1 heterocycles. The lowest BCUT2D eigenvalue weighted by molar-refractivity contribution is -0.134. The van der Waals surface area contributed by atoms with Gasteiger partial charge in [0.25, 0.3) is 0 Å². The van der Waals surface area contributed by atoms with Crippen LogP contribution in [-0.4, -0.2) is 56.3 Å². The van der Waals surface area contributed by atoms with Gasteiger partial charge >= 0.3 is 5.97 Å². The molecule has 7 nitrogen and oxygen atoms in total. The van der Waals surface area contributed by atoms with Gasteiger partial charge in [0.15, 0.2) is 0 Å². The predicted octanol–water partition coefficient (Wildman–Crippen LogP) is 4.44. The van der Waals surface area contributed by atoms with Gasteiger partial charge in [-0.15, -0.1) is 0 Å². The SMILES string of the molecule is COc1cc(OC)c(C(CC(=O)N2CC(C)CC(C)C2)c2ccc(C(=O)O)cc2)c(OC)c1. The van der Waals surface area contributed by atoms with Crippen molar-refractivity contribution in [1.29, 1.82) is 0 Å². The van der Waals surface area contributed by atoms with Gasteiger partial charge in [0.1, 0.15) is 17.2 Å². The molecule has 33 heavy (non-hydrogen) atoms. The van der Waals surface area contributed by atoms with E-state index in [0.717, 1.165) is 30.6 Å². The predicted molar refractivity (Wildman–Crippen MR) is 125 cm³/mol. The second kappa shape index (κ2) is 10.6. The monoisotopic (exact) mass is 455 g/mol. The Morgan fingerprint density at radius 2 is 1.52 bits per heavy atom. The van der Waals surface area contributed by atoms with Crippen molar-refractivity contribution < 1.29 is 28.9 Å². The Hall–Kier alpha value is -3.22. The Bertz CT molecular complexity index is 952. The molecule has 7 heteroatoms. The number of ether oxygens (including phenoxy) is 3. The highest BCUT2D eigenvalue weighted by Gasteiger charge is 2.31. The molecule has 1 saturated heterocycles. The number of amides is 1. The van der Waals surface area contributed by atoms with Crippen LogP contribution in [0.4, 0.5) is 0 Å². The highest BCUT2D eigenvalue weighted by molar-refractivity contribution is 5.87. The highest BCUT2D eigenvalue weighted by atomic mass is 16.5. The van der Waals surface area contributed by atoms with E-state index in [0.29, 0.717) is 29.1 Å². The Morgan fingerprint density at radius 1 is 0.970 bits per heavy atom. The summed E-state index contributed by atoms with van der Waals surface area (Å²) in [7, 11) is 4.70. The zero-order valence-electron chi connectivity index (χ0n) is 20.0. The average molecular weight is 456 g/mol. The zero-order valence-corrected chi connectivity index (χ0v) is 20.0. The van der Waals surface area contributed by atoms with Crippen LogP contribution >= 0.6 is 0 Å². The molecule has 0 aromatic heterocycles. The number of benzene rings is 2. The summed E-state index contributed by atoms with van der Waals surface area (Å²) in [6.45, 7) is 5.83. The fourth-order valence-corrected chi connectivity index (χ4v) is 4.79. The molecule has 178 valence electrons. The molecular formula is C26H33NO6. The van der Waals surface area contributed by atoms with Gasteiger partial charge < -0.3 is 24.2 Å². The fourth-order valence-electron chi connectivity index (χ4n) is 4.79. The van der Waals surface area contributed by atoms with Crippen molar-refractivity contribution in [3.63, 3.8) is 0 Å². The van der Waals surface area contributed by atoms with E-state index in [-0.39, 0.29) is 23.8 Å². The first-order valence-corrected chi connectivity index (χ1v) is 11.2. The van der Waals surface area contributed by atoms with Crippen LogP contribution in [0.3, 0.4) is 0 Å². The number of aromatic carboxylic acids is 1. The zero-order chi connectivity index (χ0) is 24.1. The fraction of sp³-hybridized carbons (Fsp3) is 0.462. The molecular weight excluding hydrogens is 422 g/mol. The topological polar surface area (TPSA) is 85.3 Å². The number of rotatable bonds is 8. The standard InChI is InChI=1S/C26H33NO6/c1-16-10-17(2)15-27(14-16)24(28)13-21(18-6-8-19(9-7-18)26(29)30)25-22(32-4)11-20(31-3)12-23(25)33-5/h6-9,11-12,16-17,21H,10,13-15H2,1-5H3,(H,29,30). The number of carbonyl (C=O) groups is 2. The van der Waals surface area contributed by atoms with Gasteiger partial charge in [-0.25, -0.2) is 4.79 Å². The molecule has 1 N–H and O–H groups in total. The van der Waals surface area contributed by atoms with Crippen molar-refractivity contribution in [2.45, 2.75) is 32.6 Å². The van der Waals surface area contributed by atoms with E-state index in [1.54, 1.807) is 57.7 Å². The second-order valence-corrected chi connectivity index (χ2v) is 8.87. The number of carbonyl (C=O) groups excluding carboxylic acids is 1. The summed E-state index contributed by atoms with van der Waals surface area (Å²) in [6, 6.07) is 10.2. The lowest BCUT2D eigenvalue weighted by Gasteiger charge is -2.36. The minimum absolute atomic E-state index is 0.0561. The third-order valence-corrected chi connectivity index (χ3v) is 6.26. The number of hydrogen-bond donors (Lipinski definition) is 1. The van der Waals surface area contributed by atoms with Crippen LogP contribution in [0, 0.1) is 11.8 Å². The van der Waals surface area contributed by atoms with Crippen LogP contribution < -0.4 is 14.2 Å². The van der Waals surface area contributed by atoms with Gasteiger partial charge in [-0.05, 0) is 36.0 Å². The second-order valence-electron chi connectivity index (χ2n) is 8.87. The molecule has 0 radical (unpaired) electrons. The third kappa shape index (κ3) is 5.59. The Morgan fingerprint density at radius 3 is 1.97 bits per heavy atom. The summed E-state index contributed by atoms with van der Waals surface area (Å²) in [4.78, 5) is 26.8. The quantitative estimate of drug-likeness (QED) is 0.634. The van der Waals surface area contributed by atoms with Crippen molar-refractivity contribution in [1.82, 2.24) is 4.90 Å². The van der Waals surface area contributed by atoms with Crippen molar-refractivity contribution in [3.05, 3.63) is 53.1 Å². The van der Waals surface area contributed by atoms with Crippen molar-refractivity contribution in [2.75, 3.05) is 34.4 Å². The summed E-state index contributed by atoms with van der Waals surface area (Å²) in [5.41, 5.74) is 1.74. The van der Waals surface area contributed by atoms with E-state index in [4.69, 9.17) is 14.2 Å². The minimum Gasteiger partial charge on any atom is -0.496 e. The van der Waals surface area contributed by atoms with Crippen LogP contribution in [0.25, 0.3) is 0 Å². The number of nitrogens with zero attached hydrogens (tertiary/aromatic N) is 1. The molecule has 0 aliphatic carbocycles. The van der Waals surface area contributed by atoms with Crippen molar-refractivity contribution >= 4 is 11.9 Å². The van der Waals surface area contributed by atoms with E-state index in [1.807, 2.05) is 4.90 Å². The molecule has 1 aliphatic rings. The largest absolute Gasteiger partial charge is 0.496 e. The highest BCUT2D eigenvalue weighted by Crippen LogP contribution is 2.44. The van der Waals surface area contributed by atoms with E-state index in [2.05, 4.69) is 13.8 Å². The number of hydrogen-bond acceptors (Lipinski definition) is 5. The van der Waals surface area contributed by atoms with Crippen LogP contribution in [0.5, 0.6) is 17.2 Å². The number of likely N-dealkylation sites (tertiary alicyclic amines) is 1. The van der Waals surface area contributed by atoms with Crippen LogP contribution in [0.1, 0.15) is 54.1 Å². The van der Waals surface area contributed by atoms with E-state index in [1.165, 1.54) is 0 Å². The van der Waals surface area contributed by atoms with Crippen LogP contribution in [-0.2, 0) is 4.79 Å². The molecule has 3 atom stereocenters. The molecule has 0 bridgehead atoms. The van der Waals surface area contributed by atoms with E-state index < -0.39 is 5.97 Å². The Labute approximate surface area is 195 Å². The third-order valence-electron chi connectivity index (χ3n) is 6.26. The minimum atomic E-state index is -0.995. The van der Waals surface area contributed by atoms with E-state index in [9.17, 15) is 14.7 Å². The maximum atomic E-state index is 13.5. The van der Waals surface area contributed by atoms with Crippen LogP contribution in [0.2, 0.25) is 0 Å². The Balaban J connectivity index is 2.06. The van der Waals surface area contributed by atoms with Crippen molar-refractivity contribution in [3.8, 4) is 17.2 Å². The first-order chi connectivity index (χ1) is 15.8. The lowest BCUT2D eigenvalue weighted by Crippen LogP contribution is -2.43. The summed E-state index contributed by atoms with van der Waals surface area (Å²) >= 11 is 0.